The molecule has 0 aromatic carbocycles. The van der Waals surface area contributed by atoms with Gasteiger partial charge in [0.15, 0.2) is 0 Å². The third-order valence-corrected chi connectivity index (χ3v) is 3.72. The van der Waals surface area contributed by atoms with Gasteiger partial charge in [-0.15, -0.1) is 0 Å². The molecule has 0 aliphatic carbocycles. The van der Waals surface area contributed by atoms with E-state index in [-0.39, 0.29) is 5.92 Å². The Morgan fingerprint density at radius 2 is 2.05 bits per heavy atom. The van der Waals surface area contributed by atoms with Gasteiger partial charge in [0.1, 0.15) is 5.75 Å². The normalized spacial score (nSPS) is 12.1. The first-order valence-corrected chi connectivity index (χ1v) is 7.20. The molecule has 0 bridgehead atoms. The summed E-state index contributed by atoms with van der Waals surface area (Å²) in [6.45, 7) is 2.08. The molecule has 0 amide bonds. The van der Waals surface area contributed by atoms with E-state index in [1.165, 1.54) is 0 Å². The maximum atomic E-state index is 5.88. The van der Waals surface area contributed by atoms with Crippen molar-refractivity contribution in [2.45, 2.75) is 12.8 Å². The highest BCUT2D eigenvalue weighted by atomic mass is 35.5. The first-order valence-electron chi connectivity index (χ1n) is 6.83. The minimum atomic E-state index is 0.129. The lowest BCUT2D eigenvalue weighted by Crippen LogP contribution is -1.98. The highest BCUT2D eigenvalue weighted by Crippen LogP contribution is 2.24. The SMILES string of the molecule is COc1cncc(-n2cc(C(C)c3ccc(Cl)cn3)cn2)c1. The van der Waals surface area contributed by atoms with Gasteiger partial charge in [0, 0.05) is 30.1 Å². The molecule has 3 rings (SSSR count). The van der Waals surface area contributed by atoms with E-state index < -0.39 is 0 Å². The molecule has 1 atom stereocenters. The predicted molar refractivity (Wildman–Crippen MR) is 84.7 cm³/mol. The van der Waals surface area contributed by atoms with Crippen molar-refractivity contribution in [2.24, 2.45) is 0 Å². The highest BCUT2D eigenvalue weighted by molar-refractivity contribution is 6.30. The van der Waals surface area contributed by atoms with E-state index >= 15 is 0 Å². The van der Waals surface area contributed by atoms with Gasteiger partial charge in [-0.3, -0.25) is 9.97 Å². The molecule has 0 saturated heterocycles. The largest absolute Gasteiger partial charge is 0.495 e. The lowest BCUT2D eigenvalue weighted by atomic mass is 10.0. The van der Waals surface area contributed by atoms with E-state index in [9.17, 15) is 0 Å². The van der Waals surface area contributed by atoms with E-state index in [1.54, 1.807) is 30.4 Å². The number of methoxy groups -OCH3 is 1. The summed E-state index contributed by atoms with van der Waals surface area (Å²) in [6, 6.07) is 5.66. The zero-order chi connectivity index (χ0) is 15.5. The molecular weight excluding hydrogens is 300 g/mol. The van der Waals surface area contributed by atoms with Gasteiger partial charge in [-0.2, -0.15) is 5.10 Å². The zero-order valence-electron chi connectivity index (χ0n) is 12.3. The molecule has 3 heterocycles. The topological polar surface area (TPSA) is 52.8 Å². The van der Waals surface area contributed by atoms with Crippen molar-refractivity contribution < 1.29 is 4.74 Å². The third-order valence-electron chi connectivity index (χ3n) is 3.50. The van der Waals surface area contributed by atoms with Gasteiger partial charge in [0.2, 0.25) is 0 Å². The Hall–Kier alpha value is -2.40. The molecule has 3 aromatic rings. The van der Waals surface area contributed by atoms with Crippen molar-refractivity contribution in [1.82, 2.24) is 19.7 Å². The van der Waals surface area contributed by atoms with E-state index in [4.69, 9.17) is 16.3 Å². The number of pyridine rings is 2. The Balaban J connectivity index is 1.88. The van der Waals surface area contributed by atoms with E-state index in [2.05, 4.69) is 22.0 Å². The molecule has 0 fully saturated rings. The molecule has 112 valence electrons. The molecule has 0 aliphatic heterocycles. The fraction of sp³-hybridized carbons (Fsp3) is 0.188. The van der Waals surface area contributed by atoms with Crippen molar-refractivity contribution in [3.05, 3.63) is 65.5 Å². The summed E-state index contributed by atoms with van der Waals surface area (Å²) in [7, 11) is 1.61. The molecule has 3 aromatic heterocycles. The number of halogens is 1. The Labute approximate surface area is 133 Å². The number of aromatic nitrogens is 4. The van der Waals surface area contributed by atoms with Gasteiger partial charge >= 0.3 is 0 Å². The standard InChI is InChI=1S/C16H15ClN4O/c1-11(16-4-3-13(17)7-19-16)12-6-20-21(10-12)14-5-15(22-2)9-18-8-14/h3-11H,1-2H3. The van der Waals surface area contributed by atoms with Crippen LogP contribution in [0.3, 0.4) is 0 Å². The van der Waals surface area contributed by atoms with Crippen LogP contribution in [0.5, 0.6) is 5.75 Å². The molecule has 0 N–H and O–H groups in total. The van der Waals surface area contributed by atoms with Crippen LogP contribution in [0.1, 0.15) is 24.1 Å². The molecule has 0 aliphatic rings. The first kappa shape index (κ1) is 14.5. The minimum Gasteiger partial charge on any atom is -0.495 e. The van der Waals surface area contributed by atoms with Crippen molar-refractivity contribution in [1.29, 1.82) is 0 Å². The quantitative estimate of drug-likeness (QED) is 0.740. The summed E-state index contributed by atoms with van der Waals surface area (Å²) in [5.74, 6) is 0.826. The van der Waals surface area contributed by atoms with Crippen molar-refractivity contribution >= 4 is 11.6 Å². The fourth-order valence-electron chi connectivity index (χ4n) is 2.16. The Morgan fingerprint density at radius 3 is 2.77 bits per heavy atom. The van der Waals surface area contributed by atoms with E-state index in [0.29, 0.717) is 10.8 Å². The van der Waals surface area contributed by atoms with Crippen molar-refractivity contribution in [3.8, 4) is 11.4 Å². The second kappa shape index (κ2) is 6.15. The van der Waals surface area contributed by atoms with Gasteiger partial charge < -0.3 is 4.74 Å². The monoisotopic (exact) mass is 314 g/mol. The molecule has 1 unspecified atom stereocenters. The Kier molecular flexibility index (Phi) is 4.06. The number of hydrogen-bond donors (Lipinski definition) is 0. The van der Waals surface area contributed by atoms with Gasteiger partial charge in [0.05, 0.1) is 36.4 Å². The van der Waals surface area contributed by atoms with Crippen LogP contribution in [0.15, 0.2) is 49.2 Å². The van der Waals surface area contributed by atoms with Crippen LogP contribution < -0.4 is 4.74 Å². The lowest BCUT2D eigenvalue weighted by Gasteiger charge is -2.08. The van der Waals surface area contributed by atoms with Gasteiger partial charge in [-0.05, 0) is 17.7 Å². The lowest BCUT2D eigenvalue weighted by molar-refractivity contribution is 0.412. The smallest absolute Gasteiger partial charge is 0.139 e. The molecule has 6 heteroatoms. The van der Waals surface area contributed by atoms with Crippen LogP contribution in [-0.4, -0.2) is 26.9 Å². The summed E-state index contributed by atoms with van der Waals surface area (Å²) in [5.41, 5.74) is 2.87. The van der Waals surface area contributed by atoms with Crippen LogP contribution in [0, 0.1) is 0 Å². The summed E-state index contributed by atoms with van der Waals surface area (Å²) in [5, 5.41) is 5.03. The van der Waals surface area contributed by atoms with Crippen molar-refractivity contribution in [2.75, 3.05) is 7.11 Å². The maximum absolute atomic E-state index is 5.88. The molecule has 0 saturated carbocycles. The van der Waals surface area contributed by atoms with Crippen LogP contribution in [0.25, 0.3) is 5.69 Å². The van der Waals surface area contributed by atoms with Crippen LogP contribution in [0.4, 0.5) is 0 Å². The van der Waals surface area contributed by atoms with Crippen LogP contribution in [0.2, 0.25) is 5.02 Å². The second-order valence-electron chi connectivity index (χ2n) is 4.92. The van der Waals surface area contributed by atoms with E-state index in [0.717, 1.165) is 16.9 Å². The number of ether oxygens (including phenoxy) is 1. The van der Waals surface area contributed by atoms with Gasteiger partial charge in [0.25, 0.3) is 0 Å². The molecular formula is C16H15ClN4O. The first-order chi connectivity index (χ1) is 10.7. The Morgan fingerprint density at radius 1 is 1.18 bits per heavy atom. The molecule has 22 heavy (non-hydrogen) atoms. The summed E-state index contributed by atoms with van der Waals surface area (Å²) < 4.78 is 6.96. The van der Waals surface area contributed by atoms with Gasteiger partial charge in [-0.25, -0.2) is 4.68 Å². The third kappa shape index (κ3) is 2.94. The van der Waals surface area contributed by atoms with Crippen LogP contribution >= 0.6 is 11.6 Å². The average molecular weight is 315 g/mol. The maximum Gasteiger partial charge on any atom is 0.139 e. The van der Waals surface area contributed by atoms with Gasteiger partial charge in [-0.1, -0.05) is 18.5 Å². The average Bonchev–Trinajstić information content (AvgIpc) is 3.05. The fourth-order valence-corrected chi connectivity index (χ4v) is 2.27. The second-order valence-corrected chi connectivity index (χ2v) is 5.36. The number of nitrogens with zero attached hydrogens (tertiary/aromatic N) is 4. The molecule has 0 spiro atoms. The number of rotatable bonds is 4. The zero-order valence-corrected chi connectivity index (χ0v) is 13.0. The minimum absolute atomic E-state index is 0.129. The Bertz CT molecular complexity index is 770. The molecule has 5 nitrogen and oxygen atoms in total. The van der Waals surface area contributed by atoms with Crippen molar-refractivity contribution in [3.63, 3.8) is 0 Å². The summed E-state index contributed by atoms with van der Waals surface area (Å²) in [6.07, 6.45) is 8.86. The van der Waals surface area contributed by atoms with E-state index in [1.807, 2.05) is 30.6 Å². The summed E-state index contributed by atoms with van der Waals surface area (Å²) in [4.78, 5) is 8.50. The number of hydrogen-bond acceptors (Lipinski definition) is 4. The van der Waals surface area contributed by atoms with Crippen LogP contribution in [-0.2, 0) is 0 Å². The summed E-state index contributed by atoms with van der Waals surface area (Å²) >= 11 is 5.88. The predicted octanol–water partition coefficient (Wildman–Crippen LogP) is 3.48. The molecule has 0 radical (unpaired) electrons. The highest BCUT2D eigenvalue weighted by Gasteiger charge is 2.13.